The van der Waals surface area contributed by atoms with Gasteiger partial charge in [-0.05, 0) is 41.5 Å². The van der Waals surface area contributed by atoms with Crippen molar-refractivity contribution in [2.24, 2.45) is 0 Å². The Bertz CT molecular complexity index is 1160. The molecule has 4 rings (SSSR count). The zero-order chi connectivity index (χ0) is 22.9. The first-order valence-electron chi connectivity index (χ1n) is 11.0. The molecular weight excluding hydrogens is 416 g/mol. The Morgan fingerprint density at radius 1 is 0.909 bits per heavy atom. The number of para-hydroxylation sites is 2. The number of aromatic nitrogens is 1. The number of carbonyl (C=O) groups excluding carboxylic acids is 1. The predicted molar refractivity (Wildman–Crippen MR) is 129 cm³/mol. The standard InChI is InChI=1S/C27H28N2O4/c1-31-21-13-11-20(12-14-21)24(25-18-28-26-10-6-5-9-23(25)26)17-29-27(30)19-32-15-16-33-22-7-3-2-4-8-22/h2-14,18,24,28H,15-17,19H2,1H3,(H,29,30). The number of rotatable bonds is 11. The first-order valence-corrected chi connectivity index (χ1v) is 11.0. The number of fused-ring (bicyclic) bond motifs is 1. The van der Waals surface area contributed by atoms with Crippen LogP contribution in [0, 0.1) is 0 Å². The molecule has 1 atom stereocenters. The minimum Gasteiger partial charge on any atom is -0.497 e. The third kappa shape index (κ3) is 5.93. The Hall–Kier alpha value is -3.77. The van der Waals surface area contributed by atoms with E-state index in [0.29, 0.717) is 19.8 Å². The van der Waals surface area contributed by atoms with Crippen molar-refractivity contribution in [1.29, 1.82) is 0 Å². The summed E-state index contributed by atoms with van der Waals surface area (Å²) < 4.78 is 16.4. The van der Waals surface area contributed by atoms with Crippen LogP contribution in [0.5, 0.6) is 11.5 Å². The zero-order valence-electron chi connectivity index (χ0n) is 18.6. The van der Waals surface area contributed by atoms with Gasteiger partial charge in [0.2, 0.25) is 5.91 Å². The van der Waals surface area contributed by atoms with Crippen LogP contribution in [0.3, 0.4) is 0 Å². The molecule has 0 spiro atoms. The minimum absolute atomic E-state index is 0.0125. The second-order valence-corrected chi connectivity index (χ2v) is 7.63. The first-order chi connectivity index (χ1) is 16.2. The molecule has 0 aliphatic carbocycles. The van der Waals surface area contributed by atoms with E-state index in [2.05, 4.69) is 16.4 Å². The minimum atomic E-state index is -0.159. The fourth-order valence-corrected chi connectivity index (χ4v) is 3.79. The van der Waals surface area contributed by atoms with Gasteiger partial charge in [-0.2, -0.15) is 0 Å². The Labute approximate surface area is 193 Å². The van der Waals surface area contributed by atoms with Gasteiger partial charge in [-0.3, -0.25) is 4.79 Å². The van der Waals surface area contributed by atoms with Gasteiger partial charge >= 0.3 is 0 Å². The van der Waals surface area contributed by atoms with E-state index in [1.165, 1.54) is 0 Å². The summed E-state index contributed by atoms with van der Waals surface area (Å²) in [6.45, 7) is 1.17. The maximum atomic E-state index is 12.4. The predicted octanol–water partition coefficient (Wildman–Crippen LogP) is 4.52. The third-order valence-corrected chi connectivity index (χ3v) is 5.49. The van der Waals surface area contributed by atoms with E-state index >= 15 is 0 Å². The quantitative estimate of drug-likeness (QED) is 0.334. The molecular formula is C27H28N2O4. The summed E-state index contributed by atoms with van der Waals surface area (Å²) in [5, 5.41) is 4.16. The van der Waals surface area contributed by atoms with E-state index < -0.39 is 0 Å². The molecule has 0 fully saturated rings. The number of methoxy groups -OCH3 is 1. The number of nitrogens with one attached hydrogen (secondary N) is 2. The molecule has 2 N–H and O–H groups in total. The molecule has 3 aromatic carbocycles. The smallest absolute Gasteiger partial charge is 0.246 e. The van der Waals surface area contributed by atoms with Crippen LogP contribution in [0.25, 0.3) is 10.9 Å². The summed E-state index contributed by atoms with van der Waals surface area (Å²) in [7, 11) is 1.65. The monoisotopic (exact) mass is 444 g/mol. The lowest BCUT2D eigenvalue weighted by Crippen LogP contribution is -2.32. The summed E-state index contributed by atoms with van der Waals surface area (Å²) in [5.41, 5.74) is 3.30. The van der Waals surface area contributed by atoms with Crippen LogP contribution in [0.4, 0.5) is 0 Å². The number of benzene rings is 3. The van der Waals surface area contributed by atoms with Gasteiger partial charge in [0.05, 0.1) is 13.7 Å². The van der Waals surface area contributed by atoms with Crippen molar-refractivity contribution in [2.45, 2.75) is 5.92 Å². The van der Waals surface area contributed by atoms with E-state index in [1.807, 2.05) is 79.0 Å². The van der Waals surface area contributed by atoms with Crippen molar-refractivity contribution < 1.29 is 19.0 Å². The van der Waals surface area contributed by atoms with Crippen molar-refractivity contribution in [2.75, 3.05) is 33.5 Å². The van der Waals surface area contributed by atoms with Gasteiger partial charge in [-0.25, -0.2) is 0 Å². The number of hydrogen-bond acceptors (Lipinski definition) is 4. The lowest BCUT2D eigenvalue weighted by atomic mass is 9.91. The number of amides is 1. The number of hydrogen-bond donors (Lipinski definition) is 2. The summed E-state index contributed by atoms with van der Waals surface area (Å²) >= 11 is 0. The van der Waals surface area contributed by atoms with E-state index in [-0.39, 0.29) is 18.4 Å². The molecule has 33 heavy (non-hydrogen) atoms. The van der Waals surface area contributed by atoms with Crippen LogP contribution in [0.1, 0.15) is 17.0 Å². The lowest BCUT2D eigenvalue weighted by molar-refractivity contribution is -0.125. The molecule has 4 aromatic rings. The van der Waals surface area contributed by atoms with Crippen LogP contribution in [0.2, 0.25) is 0 Å². The van der Waals surface area contributed by atoms with Crippen LogP contribution in [0.15, 0.2) is 85.1 Å². The van der Waals surface area contributed by atoms with E-state index in [1.54, 1.807) is 7.11 Å². The third-order valence-electron chi connectivity index (χ3n) is 5.49. The maximum absolute atomic E-state index is 12.4. The largest absolute Gasteiger partial charge is 0.497 e. The second-order valence-electron chi connectivity index (χ2n) is 7.63. The van der Waals surface area contributed by atoms with Gasteiger partial charge in [-0.15, -0.1) is 0 Å². The highest BCUT2D eigenvalue weighted by Gasteiger charge is 2.19. The molecule has 6 nitrogen and oxygen atoms in total. The molecule has 1 unspecified atom stereocenters. The molecule has 170 valence electrons. The Morgan fingerprint density at radius 2 is 1.67 bits per heavy atom. The van der Waals surface area contributed by atoms with Gasteiger partial charge in [-0.1, -0.05) is 48.5 Å². The normalized spacial score (nSPS) is 11.8. The van der Waals surface area contributed by atoms with Crippen molar-refractivity contribution in [3.05, 3.63) is 96.2 Å². The summed E-state index contributed by atoms with van der Waals surface area (Å²) in [5.74, 6) is 1.41. The molecule has 6 heteroatoms. The maximum Gasteiger partial charge on any atom is 0.246 e. The van der Waals surface area contributed by atoms with E-state index in [0.717, 1.165) is 33.5 Å². The average Bonchev–Trinajstić information content (AvgIpc) is 3.29. The van der Waals surface area contributed by atoms with Gasteiger partial charge in [0.1, 0.15) is 24.7 Å². The van der Waals surface area contributed by atoms with Crippen LogP contribution in [-0.2, 0) is 9.53 Å². The Balaban J connectivity index is 1.35. The molecule has 1 heterocycles. The first kappa shape index (κ1) is 22.4. The van der Waals surface area contributed by atoms with Crippen molar-refractivity contribution in [1.82, 2.24) is 10.3 Å². The van der Waals surface area contributed by atoms with Crippen LogP contribution in [-0.4, -0.2) is 44.4 Å². The van der Waals surface area contributed by atoms with Crippen molar-refractivity contribution >= 4 is 16.8 Å². The number of ether oxygens (including phenoxy) is 3. The molecule has 0 radical (unpaired) electrons. The van der Waals surface area contributed by atoms with E-state index in [9.17, 15) is 4.79 Å². The zero-order valence-corrected chi connectivity index (χ0v) is 18.6. The lowest BCUT2D eigenvalue weighted by Gasteiger charge is -2.19. The van der Waals surface area contributed by atoms with Gasteiger partial charge in [0.15, 0.2) is 0 Å². The van der Waals surface area contributed by atoms with Gasteiger partial charge in [0.25, 0.3) is 0 Å². The highest BCUT2D eigenvalue weighted by molar-refractivity contribution is 5.84. The average molecular weight is 445 g/mol. The molecule has 0 aliphatic rings. The molecule has 0 saturated carbocycles. The van der Waals surface area contributed by atoms with Gasteiger partial charge in [0, 0.05) is 29.6 Å². The molecule has 1 aromatic heterocycles. The Kier molecular flexibility index (Phi) is 7.61. The fraction of sp³-hybridized carbons (Fsp3) is 0.222. The number of aromatic amines is 1. The SMILES string of the molecule is COc1ccc(C(CNC(=O)COCCOc2ccccc2)c2c[nH]c3ccccc23)cc1. The molecule has 0 saturated heterocycles. The molecule has 0 bridgehead atoms. The van der Waals surface area contributed by atoms with E-state index in [4.69, 9.17) is 14.2 Å². The molecule has 1 amide bonds. The summed E-state index contributed by atoms with van der Waals surface area (Å²) in [6, 6.07) is 25.7. The van der Waals surface area contributed by atoms with Crippen LogP contribution >= 0.6 is 0 Å². The highest BCUT2D eigenvalue weighted by atomic mass is 16.5. The summed E-state index contributed by atoms with van der Waals surface area (Å²) in [4.78, 5) is 15.8. The summed E-state index contributed by atoms with van der Waals surface area (Å²) in [6.07, 6.45) is 2.02. The second kappa shape index (κ2) is 11.2. The van der Waals surface area contributed by atoms with Crippen molar-refractivity contribution in [3.63, 3.8) is 0 Å². The fourth-order valence-electron chi connectivity index (χ4n) is 3.79. The molecule has 0 aliphatic heterocycles. The van der Waals surface area contributed by atoms with Gasteiger partial charge < -0.3 is 24.5 Å². The Morgan fingerprint density at radius 3 is 2.45 bits per heavy atom. The topological polar surface area (TPSA) is 72.6 Å². The van der Waals surface area contributed by atoms with Crippen molar-refractivity contribution in [3.8, 4) is 11.5 Å². The number of H-pyrrole nitrogens is 1. The van der Waals surface area contributed by atoms with Crippen LogP contribution < -0.4 is 14.8 Å². The number of carbonyl (C=O) groups is 1. The highest BCUT2D eigenvalue weighted by Crippen LogP contribution is 2.31.